The summed E-state index contributed by atoms with van der Waals surface area (Å²) in [5.41, 5.74) is 29.7. The van der Waals surface area contributed by atoms with E-state index in [1.165, 1.54) is 20.8 Å². The molecule has 1 aromatic carbocycles. The van der Waals surface area contributed by atoms with Crippen LogP contribution in [0.5, 0.6) is 0 Å². The van der Waals surface area contributed by atoms with Crippen molar-refractivity contribution in [3.63, 3.8) is 0 Å². The van der Waals surface area contributed by atoms with Crippen molar-refractivity contribution in [1.29, 1.82) is 0 Å². The Morgan fingerprint density at radius 3 is 1.49 bits per heavy atom. The van der Waals surface area contributed by atoms with Crippen LogP contribution in [-0.2, 0) is 59.2 Å². The zero-order valence-corrected chi connectivity index (χ0v) is 48.2. The van der Waals surface area contributed by atoms with Crippen molar-refractivity contribution in [1.82, 2.24) is 58.5 Å². The number of hydrogen-bond donors (Lipinski definition) is 19. The predicted molar refractivity (Wildman–Crippen MR) is 304 cm³/mol. The molecule has 30 nitrogen and oxygen atoms in total. The minimum atomic E-state index is -1.77. The molecule has 0 aromatic heterocycles. The molecule has 1 saturated heterocycles. The molecule has 3 unspecified atom stereocenters. The van der Waals surface area contributed by atoms with Gasteiger partial charge in [0.05, 0.1) is 18.3 Å². The molecule has 2 rings (SSSR count). The van der Waals surface area contributed by atoms with Gasteiger partial charge in [0, 0.05) is 19.4 Å². The van der Waals surface area contributed by atoms with E-state index in [0.29, 0.717) is 17.9 Å². The number of aliphatic hydroxyl groups is 3. The highest BCUT2D eigenvalue weighted by atomic mass is 16.3. The maximum atomic E-state index is 14.5. The highest BCUT2D eigenvalue weighted by Crippen LogP contribution is 2.11. The summed E-state index contributed by atoms with van der Waals surface area (Å²) < 4.78 is 0. The van der Waals surface area contributed by atoms with Gasteiger partial charge in [-0.05, 0) is 110 Å². The van der Waals surface area contributed by atoms with Gasteiger partial charge in [0.25, 0.3) is 0 Å². The van der Waals surface area contributed by atoms with E-state index >= 15 is 0 Å². The summed E-state index contributed by atoms with van der Waals surface area (Å²) in [6, 6.07) is -7.36. The van der Waals surface area contributed by atoms with Crippen molar-refractivity contribution < 1.29 is 68.1 Å². The minimum absolute atomic E-state index is 0.0266. The highest BCUT2D eigenvalue weighted by Gasteiger charge is 2.38. The van der Waals surface area contributed by atoms with Crippen molar-refractivity contribution >= 4 is 65.0 Å². The van der Waals surface area contributed by atoms with Gasteiger partial charge in [-0.2, -0.15) is 0 Å². The number of aliphatic hydroxyl groups excluding tert-OH is 3. The SMILES string of the molecule is CC(C)CCCCC(=O)N[C@@H](CCN)C(=O)N[C@H](C(=O)N[C@@H](CCN)C(=O)NC1CCNC(=O)C([C@@H](C)O)NC(=O)[C@H](CCN)NC(=O)[C@H](CCN)NC(=O)[C@H]([C@@H](C)O)NC(=O)[C@H](Cc2ccccc2)NC(=O)C(CCN)NC1=O)[C@@H](C)O. The second-order valence-corrected chi connectivity index (χ2v) is 21.0. The van der Waals surface area contributed by atoms with E-state index in [-0.39, 0.29) is 77.7 Å². The first kappa shape index (κ1) is 72.2. The molecule has 13 atom stereocenters. The highest BCUT2D eigenvalue weighted by molar-refractivity contribution is 5.99. The summed E-state index contributed by atoms with van der Waals surface area (Å²) in [5.74, 6) is -10.1. The lowest BCUT2D eigenvalue weighted by molar-refractivity contribution is -0.137. The van der Waals surface area contributed by atoms with Crippen molar-refractivity contribution in [2.24, 2.45) is 34.6 Å². The zero-order valence-electron chi connectivity index (χ0n) is 48.2. The minimum Gasteiger partial charge on any atom is -0.391 e. The van der Waals surface area contributed by atoms with Gasteiger partial charge in [0.1, 0.15) is 60.4 Å². The lowest BCUT2D eigenvalue weighted by Crippen LogP contribution is -2.62. The number of nitrogens with two attached hydrogens (primary N) is 5. The van der Waals surface area contributed by atoms with E-state index in [1.807, 2.05) is 0 Å². The lowest BCUT2D eigenvalue weighted by atomic mass is 10.0. The van der Waals surface area contributed by atoms with Gasteiger partial charge in [-0.1, -0.05) is 57.0 Å². The van der Waals surface area contributed by atoms with Gasteiger partial charge < -0.3 is 102 Å². The molecule has 1 aromatic rings. The maximum absolute atomic E-state index is 14.5. The van der Waals surface area contributed by atoms with Crippen molar-refractivity contribution in [3.8, 4) is 0 Å². The molecule has 0 spiro atoms. The number of amides is 11. The number of rotatable bonds is 27. The van der Waals surface area contributed by atoms with Crippen LogP contribution in [0, 0.1) is 5.92 Å². The van der Waals surface area contributed by atoms with Gasteiger partial charge in [0.15, 0.2) is 0 Å². The Balaban J connectivity index is 2.67. The van der Waals surface area contributed by atoms with Crippen LogP contribution in [0.4, 0.5) is 0 Å². The topological polar surface area (TPSA) is 511 Å². The first-order chi connectivity index (χ1) is 39.3. The van der Waals surface area contributed by atoms with Gasteiger partial charge in [-0.3, -0.25) is 52.7 Å². The van der Waals surface area contributed by atoms with Crippen LogP contribution in [0.15, 0.2) is 30.3 Å². The molecule has 0 radical (unpaired) electrons. The van der Waals surface area contributed by atoms with E-state index in [9.17, 15) is 68.1 Å². The van der Waals surface area contributed by atoms with Crippen LogP contribution in [0.3, 0.4) is 0 Å². The average molecular weight is 1180 g/mol. The van der Waals surface area contributed by atoms with E-state index in [4.69, 9.17) is 28.7 Å². The summed E-state index contributed by atoms with van der Waals surface area (Å²) >= 11 is 0. The largest absolute Gasteiger partial charge is 0.391 e. The Bertz CT molecular complexity index is 2280. The maximum Gasteiger partial charge on any atom is 0.245 e. The Kier molecular flexibility index (Phi) is 33.1. The van der Waals surface area contributed by atoms with Crippen LogP contribution in [0.25, 0.3) is 0 Å². The van der Waals surface area contributed by atoms with Crippen LogP contribution in [0.2, 0.25) is 0 Å². The normalized spacial score (nSPS) is 23.2. The monoisotopic (exact) mass is 1180 g/mol. The molecule has 24 N–H and O–H groups in total. The second-order valence-electron chi connectivity index (χ2n) is 21.0. The van der Waals surface area contributed by atoms with Gasteiger partial charge >= 0.3 is 0 Å². The lowest BCUT2D eigenvalue weighted by Gasteiger charge is -2.29. The number of nitrogens with one attached hydrogen (secondary N) is 11. The first-order valence-electron chi connectivity index (χ1n) is 28.2. The molecule has 1 heterocycles. The fourth-order valence-electron chi connectivity index (χ4n) is 8.65. The molecule has 0 aliphatic carbocycles. The summed E-state index contributed by atoms with van der Waals surface area (Å²) in [6.07, 6.45) is -4.12. The molecule has 468 valence electrons. The van der Waals surface area contributed by atoms with Crippen LogP contribution in [0.1, 0.15) is 104 Å². The van der Waals surface area contributed by atoms with E-state index < -0.39 is 157 Å². The van der Waals surface area contributed by atoms with Crippen LogP contribution >= 0.6 is 0 Å². The Hall–Kier alpha value is -6.93. The summed E-state index contributed by atoms with van der Waals surface area (Å²) in [6.45, 7) is 6.31. The Labute approximate surface area is 483 Å². The number of unbranched alkanes of at least 4 members (excludes halogenated alkanes) is 1. The fraction of sp³-hybridized carbons (Fsp3) is 0.679. The first-order valence-corrected chi connectivity index (χ1v) is 28.2. The second kappa shape index (κ2) is 38.0. The van der Waals surface area contributed by atoms with Crippen molar-refractivity contribution in [3.05, 3.63) is 35.9 Å². The van der Waals surface area contributed by atoms with Crippen molar-refractivity contribution in [2.45, 2.75) is 184 Å². The zero-order chi connectivity index (χ0) is 62.3. The third-order valence-corrected chi connectivity index (χ3v) is 13.4. The van der Waals surface area contributed by atoms with E-state index in [0.717, 1.165) is 12.8 Å². The molecule has 0 bridgehead atoms. The molecule has 0 saturated carbocycles. The van der Waals surface area contributed by atoms with Crippen LogP contribution < -0.4 is 87.2 Å². The fourth-order valence-corrected chi connectivity index (χ4v) is 8.65. The average Bonchev–Trinajstić information content (AvgIpc) is 3.51. The molecule has 1 fully saturated rings. The smallest absolute Gasteiger partial charge is 0.245 e. The molecule has 30 heteroatoms. The number of carbonyl (C=O) groups excluding carboxylic acids is 11. The summed E-state index contributed by atoms with van der Waals surface area (Å²) in [7, 11) is 0. The van der Waals surface area contributed by atoms with Gasteiger partial charge in [-0.25, -0.2) is 0 Å². The quantitative estimate of drug-likeness (QED) is 0.0364. The predicted octanol–water partition coefficient (Wildman–Crippen LogP) is -7.30. The molecular formula is C53H92N16O14. The molecule has 83 heavy (non-hydrogen) atoms. The Morgan fingerprint density at radius 1 is 0.530 bits per heavy atom. The number of carbonyl (C=O) groups is 11. The van der Waals surface area contributed by atoms with Gasteiger partial charge in [0.2, 0.25) is 65.0 Å². The number of benzene rings is 1. The molecule has 1 aliphatic heterocycles. The van der Waals surface area contributed by atoms with Crippen LogP contribution in [-0.4, -0.2) is 198 Å². The Morgan fingerprint density at radius 2 is 1.00 bits per heavy atom. The summed E-state index contributed by atoms with van der Waals surface area (Å²) in [5, 5.41) is 59.6. The number of hydrogen-bond acceptors (Lipinski definition) is 19. The van der Waals surface area contributed by atoms with E-state index in [1.54, 1.807) is 30.3 Å². The van der Waals surface area contributed by atoms with E-state index in [2.05, 4.69) is 72.3 Å². The standard InChI is InChI=1S/C53H92N16O14/c1-28(2)11-9-10-14-40(73)60-33(15-21-54)48(78)68-42(30(4)71)52(82)65-36(18-24-57)45(75)63-38-20-26-59-51(81)41(29(3)70)67-49(79)37(19-25-58)62-44(74)35(17-23-56)64-53(83)43(31(5)72)69-50(80)39(27-32-12-7-6-8-13-32)66-46(76)34(16-22-55)61-47(38)77/h6-8,12-13,28-31,33-39,41-43,70-72H,9-11,14-27,54-58H2,1-5H3,(H,59,81)(H,60,73)(H,61,77)(H,62,74)(H,63,75)(H,64,83)(H,65,82)(H,66,76)(H,67,79)(H,68,78)(H,69,80)/t29-,30-,31-,33+,34?,35+,36+,37+,38?,39+,41?,42+,43+/m1/s1. The summed E-state index contributed by atoms with van der Waals surface area (Å²) in [4.78, 5) is 153. The third kappa shape index (κ3) is 25.6. The van der Waals surface area contributed by atoms with Gasteiger partial charge in [-0.15, -0.1) is 0 Å². The molecule has 1 aliphatic rings. The molecule has 11 amide bonds. The van der Waals surface area contributed by atoms with Crippen molar-refractivity contribution in [2.75, 3.05) is 39.3 Å². The third-order valence-electron chi connectivity index (χ3n) is 13.4. The molecular weight excluding hydrogens is 1080 g/mol.